The van der Waals surface area contributed by atoms with E-state index in [1.807, 2.05) is 0 Å². The molecule has 0 aliphatic carbocycles. The zero-order valence-corrected chi connectivity index (χ0v) is 9.83. The van der Waals surface area contributed by atoms with Gasteiger partial charge in [0.1, 0.15) is 0 Å². The van der Waals surface area contributed by atoms with Gasteiger partial charge in [0.25, 0.3) is 0 Å². The third kappa shape index (κ3) is 1.95. The van der Waals surface area contributed by atoms with Gasteiger partial charge in [0.2, 0.25) is 0 Å². The Labute approximate surface area is 87.0 Å². The summed E-state index contributed by atoms with van der Waals surface area (Å²) in [7, 11) is 0. The molecule has 0 aromatic rings. The SMILES string of the molecule is CC1(C)CC2(CNCN2)CC(C)(C)N1. The van der Waals surface area contributed by atoms with Gasteiger partial charge in [0.05, 0.1) is 0 Å². The minimum Gasteiger partial charge on any atom is -0.307 e. The summed E-state index contributed by atoms with van der Waals surface area (Å²) in [5, 5.41) is 10.8. The molecule has 0 aromatic heterocycles. The van der Waals surface area contributed by atoms with Crippen LogP contribution >= 0.6 is 0 Å². The van der Waals surface area contributed by atoms with E-state index >= 15 is 0 Å². The molecule has 0 atom stereocenters. The Balaban J connectivity index is 2.20. The Morgan fingerprint density at radius 2 is 1.50 bits per heavy atom. The Hall–Kier alpha value is -0.120. The van der Waals surface area contributed by atoms with Crippen molar-refractivity contribution in [3.63, 3.8) is 0 Å². The average Bonchev–Trinajstić information content (AvgIpc) is 2.27. The lowest BCUT2D eigenvalue weighted by molar-refractivity contribution is 0.0995. The normalized spacial score (nSPS) is 33.4. The number of rotatable bonds is 0. The Bertz CT molecular complexity index is 209. The average molecular weight is 197 g/mol. The lowest BCUT2D eigenvalue weighted by Gasteiger charge is -2.51. The zero-order valence-electron chi connectivity index (χ0n) is 9.83. The van der Waals surface area contributed by atoms with Crippen molar-refractivity contribution < 1.29 is 0 Å². The Morgan fingerprint density at radius 3 is 1.93 bits per heavy atom. The largest absolute Gasteiger partial charge is 0.307 e. The predicted molar refractivity (Wildman–Crippen MR) is 59.3 cm³/mol. The number of piperidine rings is 1. The van der Waals surface area contributed by atoms with E-state index in [2.05, 4.69) is 43.6 Å². The summed E-state index contributed by atoms with van der Waals surface area (Å²) in [5.41, 5.74) is 0.791. The summed E-state index contributed by atoms with van der Waals surface area (Å²) in [6, 6.07) is 0. The van der Waals surface area contributed by atoms with Crippen molar-refractivity contribution >= 4 is 0 Å². The molecule has 2 rings (SSSR count). The summed E-state index contributed by atoms with van der Waals surface area (Å²) < 4.78 is 0. The summed E-state index contributed by atoms with van der Waals surface area (Å²) in [5.74, 6) is 0. The topological polar surface area (TPSA) is 36.1 Å². The van der Waals surface area contributed by atoms with Gasteiger partial charge >= 0.3 is 0 Å². The molecular formula is C11H23N3. The maximum atomic E-state index is 3.72. The molecule has 2 aliphatic rings. The van der Waals surface area contributed by atoms with Gasteiger partial charge in [-0.05, 0) is 40.5 Å². The van der Waals surface area contributed by atoms with Crippen LogP contribution in [0.1, 0.15) is 40.5 Å². The first-order valence-electron chi connectivity index (χ1n) is 5.58. The molecule has 2 aliphatic heterocycles. The van der Waals surface area contributed by atoms with Crippen molar-refractivity contribution in [2.45, 2.75) is 57.2 Å². The third-order valence-corrected chi connectivity index (χ3v) is 3.29. The van der Waals surface area contributed by atoms with Crippen LogP contribution in [0.5, 0.6) is 0 Å². The minimum atomic E-state index is 0.237. The molecule has 0 saturated carbocycles. The van der Waals surface area contributed by atoms with Crippen molar-refractivity contribution in [3.05, 3.63) is 0 Å². The molecule has 0 radical (unpaired) electrons. The van der Waals surface area contributed by atoms with Crippen LogP contribution in [0.4, 0.5) is 0 Å². The summed E-state index contributed by atoms with van der Waals surface area (Å²) in [6.45, 7) is 11.3. The standard InChI is InChI=1S/C11H23N3/c1-9(2)5-11(7-12-8-13-11)6-10(3,4)14-9/h12-14H,5-8H2,1-4H3. The van der Waals surface area contributed by atoms with Crippen LogP contribution in [0, 0.1) is 0 Å². The van der Waals surface area contributed by atoms with Gasteiger partial charge in [0.15, 0.2) is 0 Å². The Morgan fingerprint density at radius 1 is 0.929 bits per heavy atom. The smallest absolute Gasteiger partial charge is 0.0459 e. The van der Waals surface area contributed by atoms with Crippen LogP contribution in [-0.2, 0) is 0 Å². The monoisotopic (exact) mass is 197 g/mol. The van der Waals surface area contributed by atoms with Crippen LogP contribution in [-0.4, -0.2) is 29.8 Å². The molecule has 3 N–H and O–H groups in total. The van der Waals surface area contributed by atoms with E-state index in [1.165, 1.54) is 12.8 Å². The van der Waals surface area contributed by atoms with Gasteiger partial charge in [-0.15, -0.1) is 0 Å². The van der Waals surface area contributed by atoms with E-state index in [4.69, 9.17) is 0 Å². The molecule has 3 heteroatoms. The van der Waals surface area contributed by atoms with Gasteiger partial charge in [0, 0.05) is 29.8 Å². The molecule has 2 fully saturated rings. The van der Waals surface area contributed by atoms with Gasteiger partial charge in [-0.2, -0.15) is 0 Å². The van der Waals surface area contributed by atoms with E-state index in [0.29, 0.717) is 5.54 Å². The van der Waals surface area contributed by atoms with Crippen molar-refractivity contribution in [1.29, 1.82) is 0 Å². The second kappa shape index (κ2) is 2.94. The number of nitrogens with one attached hydrogen (secondary N) is 3. The molecule has 0 amide bonds. The highest BCUT2D eigenvalue weighted by molar-refractivity contribution is 5.10. The lowest BCUT2D eigenvalue weighted by atomic mass is 9.71. The fourth-order valence-corrected chi connectivity index (χ4v) is 3.62. The van der Waals surface area contributed by atoms with Gasteiger partial charge in [-0.3, -0.25) is 5.32 Å². The van der Waals surface area contributed by atoms with Crippen LogP contribution in [0.2, 0.25) is 0 Å². The fraction of sp³-hybridized carbons (Fsp3) is 1.00. The maximum absolute atomic E-state index is 3.72. The number of hydrogen-bond acceptors (Lipinski definition) is 3. The van der Waals surface area contributed by atoms with E-state index in [0.717, 1.165) is 13.2 Å². The minimum absolute atomic E-state index is 0.237. The van der Waals surface area contributed by atoms with Crippen molar-refractivity contribution in [2.24, 2.45) is 0 Å². The molecule has 3 nitrogen and oxygen atoms in total. The van der Waals surface area contributed by atoms with Crippen molar-refractivity contribution in [3.8, 4) is 0 Å². The lowest BCUT2D eigenvalue weighted by Crippen LogP contribution is -2.66. The first-order chi connectivity index (χ1) is 6.33. The maximum Gasteiger partial charge on any atom is 0.0459 e. The first kappa shape index (κ1) is 10.4. The quantitative estimate of drug-likeness (QED) is 0.538. The molecule has 14 heavy (non-hydrogen) atoms. The summed E-state index contributed by atoms with van der Waals surface area (Å²) in [6.07, 6.45) is 2.41. The first-order valence-corrected chi connectivity index (χ1v) is 5.58. The van der Waals surface area contributed by atoms with Gasteiger partial charge in [-0.1, -0.05) is 0 Å². The van der Waals surface area contributed by atoms with E-state index in [1.54, 1.807) is 0 Å². The second-order valence-corrected chi connectivity index (χ2v) is 6.31. The van der Waals surface area contributed by atoms with Crippen LogP contribution in [0.3, 0.4) is 0 Å². The van der Waals surface area contributed by atoms with Crippen molar-refractivity contribution in [1.82, 2.24) is 16.0 Å². The van der Waals surface area contributed by atoms with E-state index in [9.17, 15) is 0 Å². The molecule has 1 spiro atoms. The molecule has 0 bridgehead atoms. The Kier molecular flexibility index (Phi) is 2.18. The molecule has 2 saturated heterocycles. The van der Waals surface area contributed by atoms with E-state index < -0.39 is 0 Å². The highest BCUT2D eigenvalue weighted by atomic mass is 15.2. The number of hydrogen-bond donors (Lipinski definition) is 3. The second-order valence-electron chi connectivity index (χ2n) is 6.31. The highest BCUT2D eigenvalue weighted by Crippen LogP contribution is 2.36. The van der Waals surface area contributed by atoms with E-state index in [-0.39, 0.29) is 11.1 Å². The molecular weight excluding hydrogens is 174 g/mol. The third-order valence-electron chi connectivity index (χ3n) is 3.29. The fourth-order valence-electron chi connectivity index (χ4n) is 3.62. The van der Waals surface area contributed by atoms with Crippen LogP contribution in [0.25, 0.3) is 0 Å². The zero-order chi connectivity index (χ0) is 10.4. The molecule has 0 aromatic carbocycles. The highest BCUT2D eigenvalue weighted by Gasteiger charge is 2.47. The summed E-state index contributed by atoms with van der Waals surface area (Å²) in [4.78, 5) is 0. The molecule has 2 heterocycles. The molecule has 0 unspecified atom stereocenters. The van der Waals surface area contributed by atoms with Crippen molar-refractivity contribution in [2.75, 3.05) is 13.2 Å². The summed E-state index contributed by atoms with van der Waals surface area (Å²) >= 11 is 0. The van der Waals surface area contributed by atoms with Crippen LogP contribution in [0.15, 0.2) is 0 Å². The van der Waals surface area contributed by atoms with Crippen LogP contribution < -0.4 is 16.0 Å². The van der Waals surface area contributed by atoms with Gasteiger partial charge in [-0.25, -0.2) is 0 Å². The predicted octanol–water partition coefficient (Wildman–Crippen LogP) is 0.816. The molecule has 82 valence electrons. The van der Waals surface area contributed by atoms with Gasteiger partial charge < -0.3 is 10.6 Å².